The van der Waals surface area contributed by atoms with Gasteiger partial charge < -0.3 is 9.47 Å². The van der Waals surface area contributed by atoms with Crippen LogP contribution in [0.2, 0.25) is 0 Å². The lowest BCUT2D eigenvalue weighted by Gasteiger charge is -2.15. The summed E-state index contributed by atoms with van der Waals surface area (Å²) >= 11 is 0. The van der Waals surface area contributed by atoms with E-state index in [4.69, 9.17) is 9.47 Å². The number of halogens is 1. The Hall–Kier alpha value is -2.36. The van der Waals surface area contributed by atoms with Crippen LogP contribution in [0, 0.1) is 5.82 Å². The van der Waals surface area contributed by atoms with E-state index < -0.39 is 0 Å². The smallest absolute Gasteiger partial charge is 0.311 e. The van der Waals surface area contributed by atoms with Gasteiger partial charge >= 0.3 is 5.97 Å². The molecule has 1 atom stereocenters. The molecule has 0 aromatic heterocycles. The third-order valence-corrected chi connectivity index (χ3v) is 5.86. The van der Waals surface area contributed by atoms with Crippen LogP contribution in [-0.2, 0) is 4.79 Å². The maximum atomic E-state index is 14.5. The molecule has 0 saturated carbocycles. The molecule has 0 unspecified atom stereocenters. The fourth-order valence-electron chi connectivity index (χ4n) is 3.94. The topological polar surface area (TPSA) is 35.5 Å². The second-order valence-corrected chi connectivity index (χ2v) is 8.94. The van der Waals surface area contributed by atoms with Crippen LogP contribution < -0.4 is 9.47 Å². The average Bonchev–Trinajstić information content (AvgIpc) is 2.80. The van der Waals surface area contributed by atoms with E-state index in [1.807, 2.05) is 25.1 Å². The van der Waals surface area contributed by atoms with Crippen LogP contribution in [0.1, 0.15) is 97.8 Å². The Balaban J connectivity index is 1.74. The normalized spacial score (nSPS) is 11.9. The number of carbonyl (C=O) groups is 1. The number of carbonyl (C=O) groups excluding carboxylic acids is 1. The summed E-state index contributed by atoms with van der Waals surface area (Å²) in [6.07, 6.45) is 13.3. The van der Waals surface area contributed by atoms with E-state index >= 15 is 0 Å². The molecule has 182 valence electrons. The molecule has 0 aliphatic rings. The van der Waals surface area contributed by atoms with Crippen molar-refractivity contribution in [3.05, 3.63) is 48.3 Å². The highest BCUT2D eigenvalue weighted by molar-refractivity contribution is 5.73. The van der Waals surface area contributed by atoms with Gasteiger partial charge in [-0.15, -0.1) is 0 Å². The molecule has 0 bridgehead atoms. The lowest BCUT2D eigenvalue weighted by Crippen LogP contribution is -2.11. The quantitative estimate of drug-likeness (QED) is 0.144. The molecule has 0 fully saturated rings. The minimum absolute atomic E-state index is 0.0140. The Morgan fingerprint density at radius 1 is 0.818 bits per heavy atom. The van der Waals surface area contributed by atoms with Crippen LogP contribution in [-0.4, -0.2) is 12.1 Å². The minimum atomic E-state index is -0.369. The van der Waals surface area contributed by atoms with E-state index in [0.717, 1.165) is 36.8 Å². The summed E-state index contributed by atoms with van der Waals surface area (Å²) < 4.78 is 25.6. The van der Waals surface area contributed by atoms with Crippen molar-refractivity contribution in [2.24, 2.45) is 0 Å². The average molecular weight is 457 g/mol. The fraction of sp³-hybridized carbons (Fsp3) is 0.552. The maximum Gasteiger partial charge on any atom is 0.311 e. The molecule has 0 spiro atoms. The number of rotatable bonds is 16. The van der Waals surface area contributed by atoms with Crippen molar-refractivity contribution in [2.75, 3.05) is 0 Å². The van der Waals surface area contributed by atoms with E-state index in [9.17, 15) is 9.18 Å². The monoisotopic (exact) mass is 456 g/mol. The summed E-state index contributed by atoms with van der Waals surface area (Å²) in [6, 6.07) is 12.2. The van der Waals surface area contributed by atoms with Gasteiger partial charge in [-0.05, 0) is 55.2 Å². The van der Waals surface area contributed by atoms with E-state index in [-0.39, 0.29) is 23.6 Å². The van der Waals surface area contributed by atoms with Gasteiger partial charge in [-0.1, -0.05) is 89.8 Å². The van der Waals surface area contributed by atoms with Crippen molar-refractivity contribution in [3.63, 3.8) is 0 Å². The summed E-state index contributed by atoms with van der Waals surface area (Å²) in [4.78, 5) is 12.1. The Morgan fingerprint density at radius 2 is 1.42 bits per heavy atom. The van der Waals surface area contributed by atoms with Crippen LogP contribution in [0.3, 0.4) is 0 Å². The zero-order valence-electron chi connectivity index (χ0n) is 20.7. The first-order valence-electron chi connectivity index (χ1n) is 12.8. The number of ether oxygens (including phenoxy) is 2. The molecule has 0 saturated heterocycles. The lowest BCUT2D eigenvalue weighted by atomic mass is 10.1. The molecule has 4 heteroatoms. The Morgan fingerprint density at radius 3 is 2.03 bits per heavy atom. The van der Waals surface area contributed by atoms with Crippen LogP contribution in [0.5, 0.6) is 11.5 Å². The molecule has 0 amide bonds. The number of benzene rings is 2. The molecule has 3 nitrogen and oxygen atoms in total. The largest absolute Gasteiger partial charge is 0.488 e. The van der Waals surface area contributed by atoms with Gasteiger partial charge in [0.25, 0.3) is 0 Å². The van der Waals surface area contributed by atoms with Crippen LogP contribution in [0.25, 0.3) is 11.1 Å². The summed E-state index contributed by atoms with van der Waals surface area (Å²) in [7, 11) is 0. The summed E-state index contributed by atoms with van der Waals surface area (Å²) in [5, 5.41) is 0. The van der Waals surface area contributed by atoms with E-state index in [1.54, 1.807) is 18.2 Å². The third-order valence-electron chi connectivity index (χ3n) is 5.86. The van der Waals surface area contributed by atoms with Gasteiger partial charge in [-0.2, -0.15) is 0 Å². The molecular weight excluding hydrogens is 415 g/mol. The summed E-state index contributed by atoms with van der Waals surface area (Å²) in [6.45, 7) is 6.27. The zero-order valence-corrected chi connectivity index (χ0v) is 20.7. The number of hydrogen-bond donors (Lipinski definition) is 0. The van der Waals surface area contributed by atoms with Gasteiger partial charge in [0.1, 0.15) is 5.75 Å². The molecule has 2 aromatic rings. The Kier molecular flexibility index (Phi) is 12.6. The maximum absolute atomic E-state index is 14.5. The molecule has 0 N–H and O–H groups in total. The first kappa shape index (κ1) is 26.9. The van der Waals surface area contributed by atoms with E-state index in [2.05, 4.69) is 13.8 Å². The van der Waals surface area contributed by atoms with E-state index in [1.165, 1.54) is 51.0 Å². The molecule has 0 aliphatic heterocycles. The van der Waals surface area contributed by atoms with Crippen molar-refractivity contribution in [2.45, 2.75) is 104 Å². The van der Waals surface area contributed by atoms with Gasteiger partial charge in [-0.3, -0.25) is 4.79 Å². The molecule has 2 aromatic carbocycles. The number of hydrogen-bond acceptors (Lipinski definition) is 3. The highest BCUT2D eigenvalue weighted by atomic mass is 19.1. The van der Waals surface area contributed by atoms with Gasteiger partial charge in [0, 0.05) is 6.42 Å². The standard InChI is InChI=1S/C29H41FO3/c1-4-6-7-8-9-10-11-12-13-15-29(31)33-26-19-16-24(17-20-26)25-18-21-28(27(30)22-25)32-23(3)14-5-2/h16-23H,4-15H2,1-3H3/t23-/m0/s1. The lowest BCUT2D eigenvalue weighted by molar-refractivity contribution is -0.134. The van der Waals surface area contributed by atoms with Crippen molar-refractivity contribution >= 4 is 5.97 Å². The number of unbranched alkanes of at least 4 members (excludes halogenated alkanes) is 8. The second-order valence-electron chi connectivity index (χ2n) is 8.94. The highest BCUT2D eigenvalue weighted by Gasteiger charge is 2.10. The SMILES string of the molecule is CCCCCCCCCCCC(=O)Oc1ccc(-c2ccc(O[C@@H](C)CCC)c(F)c2)cc1. The van der Waals surface area contributed by atoms with Gasteiger partial charge in [0.2, 0.25) is 0 Å². The molecule has 33 heavy (non-hydrogen) atoms. The van der Waals surface area contributed by atoms with Crippen molar-refractivity contribution in [3.8, 4) is 22.6 Å². The number of esters is 1. The Labute approximate surface area is 199 Å². The van der Waals surface area contributed by atoms with Gasteiger partial charge in [0.15, 0.2) is 11.6 Å². The van der Waals surface area contributed by atoms with Crippen molar-refractivity contribution in [1.29, 1.82) is 0 Å². The Bertz CT molecular complexity index is 816. The molecule has 0 heterocycles. The highest BCUT2D eigenvalue weighted by Crippen LogP contribution is 2.28. The predicted octanol–water partition coefficient (Wildman–Crippen LogP) is 8.89. The minimum Gasteiger partial charge on any atom is -0.488 e. The zero-order chi connectivity index (χ0) is 23.9. The molecule has 0 aliphatic carbocycles. The molecule has 0 radical (unpaired) electrons. The van der Waals surface area contributed by atoms with E-state index in [0.29, 0.717) is 12.2 Å². The summed E-state index contributed by atoms with van der Waals surface area (Å²) in [5.41, 5.74) is 1.62. The predicted molar refractivity (Wildman–Crippen MR) is 134 cm³/mol. The fourth-order valence-corrected chi connectivity index (χ4v) is 3.94. The molecule has 2 rings (SSSR count). The first-order chi connectivity index (χ1) is 16.0. The van der Waals surface area contributed by atoms with Crippen molar-refractivity contribution < 1.29 is 18.7 Å². The van der Waals surface area contributed by atoms with Gasteiger partial charge in [-0.25, -0.2) is 4.39 Å². The van der Waals surface area contributed by atoms with Crippen molar-refractivity contribution in [1.82, 2.24) is 0 Å². The van der Waals surface area contributed by atoms with Crippen LogP contribution in [0.4, 0.5) is 4.39 Å². The third kappa shape index (κ3) is 10.4. The summed E-state index contributed by atoms with van der Waals surface area (Å²) in [5.74, 6) is 0.238. The van der Waals surface area contributed by atoms with Crippen LogP contribution in [0.15, 0.2) is 42.5 Å². The molecular formula is C29H41FO3. The van der Waals surface area contributed by atoms with Crippen LogP contribution >= 0.6 is 0 Å². The second kappa shape index (κ2) is 15.5. The first-order valence-corrected chi connectivity index (χ1v) is 12.8. The van der Waals surface area contributed by atoms with Gasteiger partial charge in [0.05, 0.1) is 6.10 Å².